The number of aromatic nitrogens is 2. The molecule has 0 saturated heterocycles. The van der Waals surface area contributed by atoms with Gasteiger partial charge >= 0.3 is 0 Å². The molecule has 178 valence electrons. The van der Waals surface area contributed by atoms with Crippen LogP contribution in [0.25, 0.3) is 11.3 Å². The minimum Gasteiger partial charge on any atom is -0.338 e. The number of nitro benzene ring substituents is 1. The van der Waals surface area contributed by atoms with Gasteiger partial charge in [0.2, 0.25) is 5.91 Å². The van der Waals surface area contributed by atoms with E-state index in [-0.39, 0.29) is 42.1 Å². The van der Waals surface area contributed by atoms with Crippen molar-refractivity contribution in [2.75, 3.05) is 13.1 Å². The summed E-state index contributed by atoms with van der Waals surface area (Å²) in [5.41, 5.74) is 3.08. The minimum absolute atomic E-state index is 0.00999. The largest absolute Gasteiger partial charge is 0.338 e. The molecule has 0 aliphatic carbocycles. The number of carbonyl (C=O) groups excluding carboxylic acids is 3. The zero-order valence-electron chi connectivity index (χ0n) is 18.5. The summed E-state index contributed by atoms with van der Waals surface area (Å²) in [7, 11) is 0. The number of nitro groups is 1. The van der Waals surface area contributed by atoms with Gasteiger partial charge in [-0.15, -0.1) is 0 Å². The molecule has 11 heteroatoms. The first-order valence-corrected chi connectivity index (χ1v) is 11.5. The highest BCUT2D eigenvalue weighted by Gasteiger charge is 2.40. The first kappa shape index (κ1) is 22.7. The van der Waals surface area contributed by atoms with Gasteiger partial charge in [-0.1, -0.05) is 29.8 Å². The van der Waals surface area contributed by atoms with Crippen molar-refractivity contribution >= 4 is 35.0 Å². The number of H-pyrrole nitrogens is 1. The quantitative estimate of drug-likeness (QED) is 0.317. The highest BCUT2D eigenvalue weighted by Crippen LogP contribution is 2.32. The first-order valence-electron chi connectivity index (χ1n) is 11.1. The van der Waals surface area contributed by atoms with Crippen LogP contribution in [0.4, 0.5) is 5.69 Å². The SMILES string of the molecule is O=C(CCCN1C(=O)c2cccc([N+](=O)[O-])c2C1=O)N1CCc2[nH]nc(-c3ccc(Cl)cc3)c2C1. The van der Waals surface area contributed by atoms with Gasteiger partial charge in [0.1, 0.15) is 5.56 Å². The normalized spacial score (nSPS) is 14.8. The molecule has 3 heterocycles. The number of hydrogen-bond donors (Lipinski definition) is 1. The van der Waals surface area contributed by atoms with Crippen molar-refractivity contribution in [3.63, 3.8) is 0 Å². The van der Waals surface area contributed by atoms with E-state index >= 15 is 0 Å². The van der Waals surface area contributed by atoms with Gasteiger partial charge in [-0.3, -0.25) is 34.5 Å². The van der Waals surface area contributed by atoms with Gasteiger partial charge in [0.15, 0.2) is 0 Å². The van der Waals surface area contributed by atoms with Crippen LogP contribution in [-0.2, 0) is 17.8 Å². The van der Waals surface area contributed by atoms with Crippen molar-refractivity contribution in [2.24, 2.45) is 0 Å². The van der Waals surface area contributed by atoms with Crippen molar-refractivity contribution in [1.29, 1.82) is 0 Å². The summed E-state index contributed by atoms with van der Waals surface area (Å²) >= 11 is 5.99. The summed E-state index contributed by atoms with van der Waals surface area (Å²) in [6.07, 6.45) is 1.04. The third-order valence-corrected chi connectivity index (χ3v) is 6.60. The van der Waals surface area contributed by atoms with E-state index in [9.17, 15) is 24.5 Å². The number of carbonyl (C=O) groups is 3. The Hall–Kier alpha value is -4.05. The molecule has 0 saturated carbocycles. The second kappa shape index (κ2) is 8.95. The maximum absolute atomic E-state index is 12.9. The van der Waals surface area contributed by atoms with Crippen LogP contribution in [0.5, 0.6) is 0 Å². The lowest BCUT2D eigenvalue weighted by molar-refractivity contribution is -0.385. The summed E-state index contributed by atoms with van der Waals surface area (Å²) in [6, 6.07) is 11.3. The minimum atomic E-state index is -0.696. The average molecular weight is 494 g/mol. The number of imide groups is 1. The van der Waals surface area contributed by atoms with Crippen LogP contribution in [0, 0.1) is 10.1 Å². The topological polar surface area (TPSA) is 130 Å². The third kappa shape index (κ3) is 4.06. The Morgan fingerprint density at radius 2 is 1.91 bits per heavy atom. The number of hydrogen-bond acceptors (Lipinski definition) is 6. The van der Waals surface area contributed by atoms with Gasteiger partial charge in [-0.2, -0.15) is 5.10 Å². The van der Waals surface area contributed by atoms with Gasteiger partial charge in [0.25, 0.3) is 17.5 Å². The lowest BCUT2D eigenvalue weighted by atomic mass is 10.0. The van der Waals surface area contributed by atoms with Crippen LogP contribution in [0.1, 0.15) is 44.8 Å². The lowest BCUT2D eigenvalue weighted by Crippen LogP contribution is -2.37. The number of nitrogens with one attached hydrogen (secondary N) is 1. The van der Waals surface area contributed by atoms with Gasteiger partial charge < -0.3 is 4.90 Å². The predicted molar refractivity (Wildman–Crippen MR) is 126 cm³/mol. The molecule has 0 bridgehead atoms. The van der Waals surface area contributed by atoms with Gasteiger partial charge in [-0.25, -0.2) is 0 Å². The number of rotatable bonds is 6. The number of benzene rings is 2. The number of fused-ring (bicyclic) bond motifs is 2. The zero-order valence-corrected chi connectivity index (χ0v) is 19.2. The Kier molecular flexibility index (Phi) is 5.81. The van der Waals surface area contributed by atoms with E-state index in [0.29, 0.717) is 24.5 Å². The molecule has 2 aliphatic rings. The highest BCUT2D eigenvalue weighted by molar-refractivity contribution is 6.30. The molecule has 3 aromatic rings. The Morgan fingerprint density at radius 3 is 2.66 bits per heavy atom. The summed E-state index contributed by atoms with van der Waals surface area (Å²) in [5, 5.41) is 19.4. The molecule has 1 N–H and O–H groups in total. The monoisotopic (exact) mass is 493 g/mol. The van der Waals surface area contributed by atoms with E-state index < -0.39 is 16.7 Å². The van der Waals surface area contributed by atoms with Crippen LogP contribution >= 0.6 is 11.6 Å². The summed E-state index contributed by atoms with van der Waals surface area (Å²) < 4.78 is 0. The molecule has 0 fully saturated rings. The number of halogens is 1. The van der Waals surface area contributed by atoms with Crippen molar-refractivity contribution in [3.05, 3.63) is 80.0 Å². The molecule has 0 spiro atoms. The smallest absolute Gasteiger partial charge is 0.282 e. The fraction of sp³-hybridized carbons (Fsp3) is 0.250. The molecular formula is C24H20ClN5O5. The molecule has 0 unspecified atom stereocenters. The molecule has 1 aromatic heterocycles. The lowest BCUT2D eigenvalue weighted by Gasteiger charge is -2.27. The van der Waals surface area contributed by atoms with Crippen molar-refractivity contribution in [3.8, 4) is 11.3 Å². The number of aromatic amines is 1. The maximum Gasteiger partial charge on any atom is 0.282 e. The maximum atomic E-state index is 12.9. The van der Waals surface area contributed by atoms with E-state index in [1.54, 1.807) is 17.0 Å². The predicted octanol–water partition coefficient (Wildman–Crippen LogP) is 3.60. The first-order chi connectivity index (χ1) is 16.8. The Bertz CT molecular complexity index is 1370. The van der Waals surface area contributed by atoms with Gasteiger partial charge in [0, 0.05) is 60.4 Å². The fourth-order valence-corrected chi connectivity index (χ4v) is 4.70. The van der Waals surface area contributed by atoms with Crippen molar-refractivity contribution in [1.82, 2.24) is 20.0 Å². The molecule has 0 atom stereocenters. The molecule has 2 aliphatic heterocycles. The second-order valence-electron chi connectivity index (χ2n) is 8.42. The van der Waals surface area contributed by atoms with E-state index in [1.807, 2.05) is 12.1 Å². The van der Waals surface area contributed by atoms with E-state index in [4.69, 9.17) is 11.6 Å². The summed E-state index contributed by atoms with van der Waals surface area (Å²) in [4.78, 5) is 51.6. The Balaban J connectivity index is 1.22. The van der Waals surface area contributed by atoms with Crippen LogP contribution in [0.15, 0.2) is 42.5 Å². The third-order valence-electron chi connectivity index (χ3n) is 6.35. The number of amides is 3. The fourth-order valence-electron chi connectivity index (χ4n) is 4.57. The Morgan fingerprint density at radius 1 is 1.14 bits per heavy atom. The molecule has 3 amide bonds. The average Bonchev–Trinajstić information content (AvgIpc) is 3.38. The highest BCUT2D eigenvalue weighted by atomic mass is 35.5. The van der Waals surface area contributed by atoms with E-state index in [2.05, 4.69) is 10.2 Å². The van der Waals surface area contributed by atoms with Gasteiger partial charge in [0.05, 0.1) is 16.2 Å². The summed E-state index contributed by atoms with van der Waals surface area (Å²) in [6.45, 7) is 0.950. The summed E-state index contributed by atoms with van der Waals surface area (Å²) in [5.74, 6) is -1.37. The van der Waals surface area contributed by atoms with Crippen LogP contribution in [-0.4, -0.2) is 55.7 Å². The Labute approximate surface area is 204 Å². The number of nitrogens with zero attached hydrogens (tertiary/aromatic N) is 4. The van der Waals surface area contributed by atoms with Crippen LogP contribution in [0.2, 0.25) is 5.02 Å². The van der Waals surface area contributed by atoms with E-state index in [0.717, 1.165) is 27.4 Å². The molecule has 35 heavy (non-hydrogen) atoms. The molecular weight excluding hydrogens is 474 g/mol. The van der Waals surface area contributed by atoms with Crippen molar-refractivity contribution < 1.29 is 19.3 Å². The molecule has 10 nitrogen and oxygen atoms in total. The standard InChI is InChI=1S/C24H20ClN5O5/c25-15-8-6-14(7-9-15)22-17-13-28(12-10-18(17)26-27-22)20(31)5-2-11-29-23(32)16-3-1-4-19(30(34)35)21(16)24(29)33/h1,3-4,6-9H,2,5,10-13H2,(H,26,27). The molecule has 5 rings (SSSR count). The van der Waals surface area contributed by atoms with Crippen LogP contribution in [0.3, 0.4) is 0 Å². The second-order valence-corrected chi connectivity index (χ2v) is 8.86. The zero-order chi connectivity index (χ0) is 24.7. The van der Waals surface area contributed by atoms with Crippen molar-refractivity contribution in [2.45, 2.75) is 25.8 Å². The van der Waals surface area contributed by atoms with Crippen LogP contribution < -0.4 is 0 Å². The molecule has 2 aromatic carbocycles. The molecule has 0 radical (unpaired) electrons. The van der Waals surface area contributed by atoms with Gasteiger partial charge in [-0.05, 0) is 24.6 Å². The van der Waals surface area contributed by atoms with E-state index in [1.165, 1.54) is 18.2 Å².